The van der Waals surface area contributed by atoms with Gasteiger partial charge in [-0.15, -0.1) is 0 Å². The number of rotatable bonds is 3. The molecule has 0 unspecified atom stereocenters. The van der Waals surface area contributed by atoms with E-state index in [1.165, 1.54) is 23.5 Å². The number of imidazole rings is 1. The van der Waals surface area contributed by atoms with Gasteiger partial charge in [-0.1, -0.05) is 24.3 Å². The first-order valence-electron chi connectivity index (χ1n) is 7.51. The highest BCUT2D eigenvalue weighted by Gasteiger charge is 2.19. The van der Waals surface area contributed by atoms with Gasteiger partial charge in [0.15, 0.2) is 5.96 Å². The first kappa shape index (κ1) is 15.5. The van der Waals surface area contributed by atoms with Crippen molar-refractivity contribution < 1.29 is 8.78 Å². The van der Waals surface area contributed by atoms with Crippen LogP contribution in [-0.2, 0) is 19.5 Å². The van der Waals surface area contributed by atoms with Crippen LogP contribution in [0, 0.1) is 0 Å². The summed E-state index contributed by atoms with van der Waals surface area (Å²) in [5.74, 6) is 0.988. The normalized spacial score (nSPS) is 15.0. The van der Waals surface area contributed by atoms with E-state index >= 15 is 0 Å². The molecule has 0 bridgehead atoms. The number of guanidine groups is 1. The smallest absolute Gasteiger partial charge is 0.319 e. The number of aliphatic imine (C=N–C) groups is 1. The van der Waals surface area contributed by atoms with E-state index in [0.717, 1.165) is 24.1 Å². The summed E-state index contributed by atoms with van der Waals surface area (Å²) in [5, 5.41) is 3.13. The lowest BCUT2D eigenvalue weighted by molar-refractivity contribution is 0.0668. The van der Waals surface area contributed by atoms with Crippen LogP contribution in [-0.4, -0.2) is 34.0 Å². The van der Waals surface area contributed by atoms with E-state index in [4.69, 9.17) is 0 Å². The summed E-state index contributed by atoms with van der Waals surface area (Å²) in [5.41, 5.74) is 2.63. The molecule has 2 aromatic rings. The Labute approximate surface area is 133 Å². The van der Waals surface area contributed by atoms with Crippen molar-refractivity contribution in [1.29, 1.82) is 0 Å². The number of hydrogen-bond acceptors (Lipinski definition) is 2. The second-order valence-electron chi connectivity index (χ2n) is 5.37. The maximum Gasteiger partial charge on any atom is 0.319 e. The van der Waals surface area contributed by atoms with E-state index in [9.17, 15) is 8.78 Å². The van der Waals surface area contributed by atoms with Crippen LogP contribution < -0.4 is 5.32 Å². The van der Waals surface area contributed by atoms with Crippen LogP contribution in [0.4, 0.5) is 8.78 Å². The number of benzene rings is 1. The zero-order chi connectivity index (χ0) is 16.2. The molecular weight excluding hydrogens is 300 g/mol. The predicted octanol–water partition coefficient (Wildman–Crippen LogP) is 2.41. The number of alkyl halides is 2. The van der Waals surface area contributed by atoms with Crippen LogP contribution in [0.15, 0.2) is 41.7 Å². The number of nitrogens with zero attached hydrogens (tertiary/aromatic N) is 4. The Morgan fingerprint density at radius 1 is 1.35 bits per heavy atom. The van der Waals surface area contributed by atoms with Crippen LogP contribution in [0.5, 0.6) is 0 Å². The average Bonchev–Trinajstić information content (AvgIpc) is 3.04. The first-order chi connectivity index (χ1) is 11.2. The molecule has 0 spiro atoms. The van der Waals surface area contributed by atoms with Crippen molar-refractivity contribution in [2.75, 3.05) is 13.6 Å². The van der Waals surface area contributed by atoms with Crippen LogP contribution in [0.3, 0.4) is 0 Å². The second-order valence-corrected chi connectivity index (χ2v) is 5.37. The highest BCUT2D eigenvalue weighted by Crippen LogP contribution is 2.18. The van der Waals surface area contributed by atoms with Crippen LogP contribution in [0.1, 0.15) is 23.5 Å². The Kier molecular flexibility index (Phi) is 4.55. The van der Waals surface area contributed by atoms with Gasteiger partial charge in [0.05, 0.1) is 6.54 Å². The lowest BCUT2D eigenvalue weighted by Crippen LogP contribution is -2.44. The van der Waals surface area contributed by atoms with E-state index in [1.54, 1.807) is 7.05 Å². The molecule has 1 aromatic carbocycles. The molecule has 2 heterocycles. The molecule has 0 saturated heterocycles. The monoisotopic (exact) mass is 319 g/mol. The molecule has 0 fully saturated rings. The molecule has 3 rings (SSSR count). The van der Waals surface area contributed by atoms with E-state index in [0.29, 0.717) is 11.8 Å². The molecule has 5 nitrogen and oxygen atoms in total. The molecule has 23 heavy (non-hydrogen) atoms. The molecule has 0 amide bonds. The zero-order valence-corrected chi connectivity index (χ0v) is 12.9. The van der Waals surface area contributed by atoms with E-state index in [1.807, 2.05) is 12.1 Å². The topological polar surface area (TPSA) is 45.5 Å². The largest absolute Gasteiger partial charge is 0.349 e. The minimum atomic E-state index is -2.59. The summed E-state index contributed by atoms with van der Waals surface area (Å²) in [6.07, 6.45) is 3.60. The Balaban J connectivity index is 1.66. The highest BCUT2D eigenvalue weighted by atomic mass is 19.3. The SMILES string of the molecule is CN=C(NCc1nccn1C(F)F)N1CCc2ccccc2C1. The number of halogens is 2. The fourth-order valence-electron chi connectivity index (χ4n) is 2.83. The van der Waals surface area contributed by atoms with Crippen LogP contribution in [0.2, 0.25) is 0 Å². The number of hydrogen-bond donors (Lipinski definition) is 1. The van der Waals surface area contributed by atoms with Gasteiger partial charge >= 0.3 is 6.55 Å². The van der Waals surface area contributed by atoms with Gasteiger partial charge < -0.3 is 10.2 Å². The second kappa shape index (κ2) is 6.76. The van der Waals surface area contributed by atoms with Gasteiger partial charge in [-0.05, 0) is 17.5 Å². The highest BCUT2D eigenvalue weighted by molar-refractivity contribution is 5.80. The van der Waals surface area contributed by atoms with Crippen molar-refractivity contribution in [2.24, 2.45) is 4.99 Å². The minimum Gasteiger partial charge on any atom is -0.349 e. The van der Waals surface area contributed by atoms with Gasteiger partial charge in [-0.2, -0.15) is 8.78 Å². The fourth-order valence-corrected chi connectivity index (χ4v) is 2.83. The molecular formula is C16H19F2N5. The quantitative estimate of drug-likeness (QED) is 0.698. The van der Waals surface area contributed by atoms with Gasteiger partial charge in [-0.3, -0.25) is 9.56 Å². The molecule has 1 aliphatic heterocycles. The van der Waals surface area contributed by atoms with Crippen molar-refractivity contribution in [3.05, 3.63) is 53.6 Å². The minimum absolute atomic E-state index is 0.210. The molecule has 1 N–H and O–H groups in total. The molecule has 7 heteroatoms. The lowest BCUT2D eigenvalue weighted by atomic mass is 10.0. The van der Waals surface area contributed by atoms with Crippen molar-refractivity contribution >= 4 is 5.96 Å². The number of fused-ring (bicyclic) bond motifs is 1. The number of aromatic nitrogens is 2. The third-order valence-electron chi connectivity index (χ3n) is 4.01. The summed E-state index contributed by atoms with van der Waals surface area (Å²) in [4.78, 5) is 10.4. The van der Waals surface area contributed by atoms with Gasteiger partial charge in [0.25, 0.3) is 0 Å². The third-order valence-corrected chi connectivity index (χ3v) is 4.01. The molecule has 1 aromatic heterocycles. The van der Waals surface area contributed by atoms with Crippen molar-refractivity contribution in [3.63, 3.8) is 0 Å². The van der Waals surface area contributed by atoms with E-state index < -0.39 is 6.55 Å². The number of nitrogens with one attached hydrogen (secondary N) is 1. The Morgan fingerprint density at radius 3 is 2.87 bits per heavy atom. The van der Waals surface area contributed by atoms with Crippen molar-refractivity contribution in [1.82, 2.24) is 19.8 Å². The molecule has 0 atom stereocenters. The Bertz CT molecular complexity index is 695. The van der Waals surface area contributed by atoms with E-state index in [-0.39, 0.29) is 6.54 Å². The standard InChI is InChI=1S/C16H19F2N5/c1-19-16(21-10-14-20-7-9-23(14)15(17)18)22-8-6-12-4-2-3-5-13(12)11-22/h2-5,7,9,15H,6,8,10-11H2,1H3,(H,19,21). The fraction of sp³-hybridized carbons (Fsp3) is 0.375. The molecule has 122 valence electrons. The van der Waals surface area contributed by atoms with E-state index in [2.05, 4.69) is 32.3 Å². The van der Waals surface area contributed by atoms with Gasteiger partial charge in [0, 0.05) is 32.5 Å². The Morgan fingerprint density at radius 2 is 2.13 bits per heavy atom. The molecule has 0 aliphatic carbocycles. The first-order valence-corrected chi connectivity index (χ1v) is 7.51. The summed E-state index contributed by atoms with van der Waals surface area (Å²) in [6, 6.07) is 8.32. The molecule has 0 saturated carbocycles. The summed E-state index contributed by atoms with van der Waals surface area (Å²) < 4.78 is 26.5. The Hall–Kier alpha value is -2.44. The third kappa shape index (κ3) is 3.33. The average molecular weight is 319 g/mol. The van der Waals surface area contributed by atoms with Crippen molar-refractivity contribution in [2.45, 2.75) is 26.1 Å². The molecule has 0 radical (unpaired) electrons. The van der Waals surface area contributed by atoms with Crippen molar-refractivity contribution in [3.8, 4) is 0 Å². The summed E-state index contributed by atoms with van der Waals surface area (Å²) >= 11 is 0. The summed E-state index contributed by atoms with van der Waals surface area (Å²) in [6.45, 7) is -0.764. The van der Waals surface area contributed by atoms with Crippen LogP contribution >= 0.6 is 0 Å². The maximum atomic E-state index is 12.8. The lowest BCUT2D eigenvalue weighted by Gasteiger charge is -2.31. The van der Waals surface area contributed by atoms with Gasteiger partial charge in [0.2, 0.25) is 0 Å². The zero-order valence-electron chi connectivity index (χ0n) is 12.9. The predicted molar refractivity (Wildman–Crippen MR) is 84.2 cm³/mol. The maximum absolute atomic E-state index is 12.8. The van der Waals surface area contributed by atoms with Crippen LogP contribution in [0.25, 0.3) is 0 Å². The van der Waals surface area contributed by atoms with Gasteiger partial charge in [-0.25, -0.2) is 4.98 Å². The molecule has 1 aliphatic rings. The van der Waals surface area contributed by atoms with Gasteiger partial charge in [0.1, 0.15) is 5.82 Å². The summed E-state index contributed by atoms with van der Waals surface area (Å²) in [7, 11) is 1.70.